The molecule has 4 heteroatoms. The first-order chi connectivity index (χ1) is 13.2. The van der Waals surface area contributed by atoms with E-state index in [2.05, 4.69) is 13.8 Å². The molecule has 0 fully saturated rings. The van der Waals surface area contributed by atoms with Gasteiger partial charge in [-0.15, -0.1) is 11.8 Å². The lowest BCUT2D eigenvalue weighted by atomic mass is 10.1. The Kier molecular flexibility index (Phi) is 22.1. The summed E-state index contributed by atoms with van der Waals surface area (Å²) in [5, 5.41) is 0.808. The third-order valence-corrected chi connectivity index (χ3v) is 6.61. The largest absolute Gasteiger partial charge is 0.393 e. The van der Waals surface area contributed by atoms with Gasteiger partial charge in [0.05, 0.1) is 5.03 Å². The number of rotatable bonds is 20. The fraction of sp³-hybridized carbons (Fsp3) is 0.870. The number of thioether (sulfide) groups is 2. The van der Waals surface area contributed by atoms with E-state index in [9.17, 15) is 4.79 Å². The van der Waals surface area contributed by atoms with E-state index in [0.29, 0.717) is 5.03 Å². The summed E-state index contributed by atoms with van der Waals surface area (Å²) in [7, 11) is 0. The van der Waals surface area contributed by atoms with Crippen LogP contribution >= 0.6 is 23.5 Å². The van der Waals surface area contributed by atoms with E-state index in [0.717, 1.165) is 17.9 Å². The molecular weight excluding hydrogens is 370 g/mol. The number of unbranched alkanes of at least 4 members (excludes halogenated alkanes) is 14. The molecule has 0 heterocycles. The highest BCUT2D eigenvalue weighted by atomic mass is 32.2. The molecule has 0 aliphatic heterocycles. The topological polar surface area (TPSA) is 43.1 Å². The zero-order valence-electron chi connectivity index (χ0n) is 18.1. The van der Waals surface area contributed by atoms with Gasteiger partial charge in [-0.1, -0.05) is 116 Å². The molecule has 0 atom stereocenters. The van der Waals surface area contributed by atoms with E-state index in [-0.39, 0.29) is 5.12 Å². The molecule has 0 rings (SSSR count). The van der Waals surface area contributed by atoms with Crippen molar-refractivity contribution < 1.29 is 4.79 Å². The molecule has 0 aromatic carbocycles. The summed E-state index contributed by atoms with van der Waals surface area (Å²) in [4.78, 5) is 11.9. The van der Waals surface area contributed by atoms with Gasteiger partial charge in [0, 0.05) is 11.8 Å². The summed E-state index contributed by atoms with van der Waals surface area (Å²) >= 11 is 3.06. The quantitative estimate of drug-likeness (QED) is 0.161. The predicted octanol–water partition coefficient (Wildman–Crippen LogP) is 8.06. The fourth-order valence-corrected chi connectivity index (χ4v) is 4.64. The zero-order chi connectivity index (χ0) is 20.0. The van der Waals surface area contributed by atoms with Gasteiger partial charge in [-0.05, 0) is 18.6 Å². The van der Waals surface area contributed by atoms with Gasteiger partial charge in [-0.3, -0.25) is 4.79 Å². The summed E-state index contributed by atoms with van der Waals surface area (Å²) in [6.07, 6.45) is 22.8. The van der Waals surface area contributed by atoms with Crippen molar-refractivity contribution >= 4 is 28.6 Å². The summed E-state index contributed by atoms with van der Waals surface area (Å²) in [5.41, 5.74) is 5.96. The molecule has 0 aliphatic carbocycles. The molecule has 0 unspecified atom stereocenters. The second-order valence-corrected chi connectivity index (χ2v) is 9.78. The first-order valence-electron chi connectivity index (χ1n) is 11.5. The lowest BCUT2D eigenvalue weighted by Gasteiger charge is -2.03. The predicted molar refractivity (Wildman–Crippen MR) is 127 cm³/mol. The third kappa shape index (κ3) is 22.1. The van der Waals surface area contributed by atoms with Crippen LogP contribution in [0.25, 0.3) is 0 Å². The van der Waals surface area contributed by atoms with E-state index in [4.69, 9.17) is 5.73 Å². The SMILES string of the molecule is CCCCCCCCCCCCSC(=O)/C=C(/N)SCCCCCCCC. The molecule has 0 aromatic heterocycles. The monoisotopic (exact) mass is 415 g/mol. The van der Waals surface area contributed by atoms with Crippen LogP contribution in [0.2, 0.25) is 0 Å². The number of hydrogen-bond donors (Lipinski definition) is 1. The van der Waals surface area contributed by atoms with Gasteiger partial charge >= 0.3 is 0 Å². The van der Waals surface area contributed by atoms with Crippen molar-refractivity contribution in [3.8, 4) is 0 Å². The van der Waals surface area contributed by atoms with Crippen LogP contribution in [0.5, 0.6) is 0 Å². The van der Waals surface area contributed by atoms with Crippen LogP contribution in [-0.4, -0.2) is 16.6 Å². The molecule has 160 valence electrons. The number of hydrogen-bond acceptors (Lipinski definition) is 4. The average Bonchev–Trinajstić information content (AvgIpc) is 2.65. The Hall–Kier alpha value is -0.0900. The molecule has 0 spiro atoms. The van der Waals surface area contributed by atoms with Gasteiger partial charge in [0.25, 0.3) is 0 Å². The van der Waals surface area contributed by atoms with E-state index < -0.39 is 0 Å². The lowest BCUT2D eigenvalue weighted by molar-refractivity contribution is -0.107. The molecule has 2 N–H and O–H groups in total. The van der Waals surface area contributed by atoms with Gasteiger partial charge in [0.1, 0.15) is 0 Å². The minimum absolute atomic E-state index is 0.124. The van der Waals surface area contributed by atoms with Crippen LogP contribution in [0.4, 0.5) is 0 Å². The molecule has 0 amide bonds. The van der Waals surface area contributed by atoms with Crippen molar-refractivity contribution in [1.29, 1.82) is 0 Å². The van der Waals surface area contributed by atoms with E-state index in [1.54, 1.807) is 17.8 Å². The van der Waals surface area contributed by atoms with Crippen molar-refractivity contribution in [3.63, 3.8) is 0 Å². The summed E-state index contributed by atoms with van der Waals surface area (Å²) in [5.74, 6) is 1.96. The summed E-state index contributed by atoms with van der Waals surface area (Å²) in [6, 6.07) is 0. The first kappa shape index (κ1) is 26.9. The number of carbonyl (C=O) groups is 1. The van der Waals surface area contributed by atoms with Crippen LogP contribution in [0.3, 0.4) is 0 Å². The Bertz CT molecular complexity index is 358. The Balaban J connectivity index is 3.41. The minimum Gasteiger partial charge on any atom is -0.393 e. The van der Waals surface area contributed by atoms with Gasteiger partial charge in [0.2, 0.25) is 5.12 Å². The van der Waals surface area contributed by atoms with Gasteiger partial charge in [0.15, 0.2) is 0 Å². The molecule has 0 bridgehead atoms. The molecule has 0 saturated heterocycles. The highest BCUT2D eigenvalue weighted by Crippen LogP contribution is 2.17. The second kappa shape index (κ2) is 22.2. The smallest absolute Gasteiger partial charge is 0.214 e. The molecule has 0 saturated carbocycles. The standard InChI is InChI=1S/C23H45NOS2/c1-3-5-7-9-11-12-13-14-16-18-20-27-23(25)21-22(24)26-19-17-15-10-8-6-4-2/h21H,3-20,24H2,1-2H3/b22-21-. The number of carbonyl (C=O) groups excluding carboxylic acids is 1. The van der Waals surface area contributed by atoms with Crippen molar-refractivity contribution in [3.05, 3.63) is 11.1 Å². The molecule has 0 radical (unpaired) electrons. The average molecular weight is 416 g/mol. The van der Waals surface area contributed by atoms with Crippen LogP contribution in [0.15, 0.2) is 11.1 Å². The van der Waals surface area contributed by atoms with Gasteiger partial charge in [-0.2, -0.15) is 0 Å². The van der Waals surface area contributed by atoms with E-state index in [1.165, 1.54) is 108 Å². The Morgan fingerprint density at radius 2 is 1.00 bits per heavy atom. The van der Waals surface area contributed by atoms with Crippen LogP contribution in [-0.2, 0) is 4.79 Å². The molecule has 0 aliphatic rings. The fourth-order valence-electron chi connectivity index (χ4n) is 3.03. The maximum absolute atomic E-state index is 11.9. The number of nitrogens with two attached hydrogens (primary N) is 1. The van der Waals surface area contributed by atoms with Gasteiger partial charge in [-0.25, -0.2) is 0 Å². The van der Waals surface area contributed by atoms with Crippen molar-refractivity contribution in [2.24, 2.45) is 5.73 Å². The normalized spacial score (nSPS) is 11.9. The Morgan fingerprint density at radius 1 is 0.630 bits per heavy atom. The molecular formula is C23H45NOS2. The lowest BCUT2D eigenvalue weighted by Crippen LogP contribution is -1.98. The van der Waals surface area contributed by atoms with Crippen LogP contribution in [0, 0.1) is 0 Å². The highest BCUT2D eigenvalue weighted by molar-refractivity contribution is 8.14. The van der Waals surface area contributed by atoms with Crippen molar-refractivity contribution in [1.82, 2.24) is 0 Å². The summed E-state index contributed by atoms with van der Waals surface area (Å²) < 4.78 is 0. The van der Waals surface area contributed by atoms with Crippen LogP contribution in [0.1, 0.15) is 117 Å². The highest BCUT2D eigenvalue weighted by Gasteiger charge is 2.02. The van der Waals surface area contributed by atoms with E-state index >= 15 is 0 Å². The Morgan fingerprint density at radius 3 is 1.44 bits per heavy atom. The zero-order valence-corrected chi connectivity index (χ0v) is 19.7. The van der Waals surface area contributed by atoms with E-state index in [1.807, 2.05) is 0 Å². The third-order valence-electron chi connectivity index (χ3n) is 4.77. The van der Waals surface area contributed by atoms with Gasteiger partial charge < -0.3 is 5.73 Å². The summed E-state index contributed by atoms with van der Waals surface area (Å²) in [6.45, 7) is 4.51. The second-order valence-electron chi connectivity index (χ2n) is 7.51. The Labute approximate surface area is 178 Å². The molecule has 27 heavy (non-hydrogen) atoms. The first-order valence-corrected chi connectivity index (χ1v) is 13.4. The maximum Gasteiger partial charge on any atom is 0.214 e. The molecule has 0 aromatic rings. The van der Waals surface area contributed by atoms with Crippen LogP contribution < -0.4 is 5.73 Å². The molecule has 2 nitrogen and oxygen atoms in total. The maximum atomic E-state index is 11.9. The minimum atomic E-state index is 0.124. The van der Waals surface area contributed by atoms with Crippen molar-refractivity contribution in [2.75, 3.05) is 11.5 Å². The van der Waals surface area contributed by atoms with Crippen molar-refractivity contribution in [2.45, 2.75) is 117 Å².